The van der Waals surface area contributed by atoms with Gasteiger partial charge in [-0.2, -0.15) is 0 Å². The van der Waals surface area contributed by atoms with Gasteiger partial charge in [0.2, 0.25) is 0 Å². The number of nitrogens with zero attached hydrogens (tertiary/aromatic N) is 1. The highest BCUT2D eigenvalue weighted by atomic mass is 35.5. The monoisotopic (exact) mass is 255 g/mol. The molecule has 0 saturated carbocycles. The Bertz CT molecular complexity index is 408. The molecule has 0 aromatic heterocycles. The predicted octanol–water partition coefficient (Wildman–Crippen LogP) is 0.502. The van der Waals surface area contributed by atoms with E-state index in [0.29, 0.717) is 18.1 Å². The third-order valence-electron chi connectivity index (χ3n) is 2.57. The van der Waals surface area contributed by atoms with Crippen LogP contribution in [-0.4, -0.2) is 41.1 Å². The molecule has 17 heavy (non-hydrogen) atoms. The van der Waals surface area contributed by atoms with Gasteiger partial charge in [-0.3, -0.25) is 4.79 Å². The molecule has 0 radical (unpaired) electrons. The van der Waals surface area contributed by atoms with Crippen LogP contribution in [0.4, 0.5) is 0 Å². The minimum atomic E-state index is -1.71. The molecule has 0 saturated heterocycles. The normalized spacial score (nSPS) is 10.2. The molecule has 0 atom stereocenters. The van der Waals surface area contributed by atoms with Crippen LogP contribution >= 0.6 is 11.6 Å². The second-order valence-corrected chi connectivity index (χ2v) is 4.02. The van der Waals surface area contributed by atoms with Gasteiger partial charge in [0.25, 0.3) is 5.91 Å². The molecule has 1 aromatic carbocycles. The number of rotatable bonds is 4. The van der Waals surface area contributed by atoms with Crippen molar-refractivity contribution in [3.63, 3.8) is 0 Å². The lowest BCUT2D eigenvalue weighted by atomic mass is 9.76. The quantitative estimate of drug-likeness (QED) is 0.771. The van der Waals surface area contributed by atoms with Crippen molar-refractivity contribution in [1.82, 2.24) is 4.90 Å². The van der Waals surface area contributed by atoms with Crippen LogP contribution in [0.5, 0.6) is 0 Å². The first-order valence-electron chi connectivity index (χ1n) is 5.46. The lowest BCUT2D eigenvalue weighted by Gasteiger charge is -2.20. The van der Waals surface area contributed by atoms with Crippen LogP contribution in [0.2, 0.25) is 5.02 Å². The minimum absolute atomic E-state index is 0.134. The topological polar surface area (TPSA) is 60.8 Å². The average molecular weight is 256 g/mol. The molecule has 6 heteroatoms. The number of carbonyl (C=O) groups excluding carboxylic acids is 1. The maximum absolute atomic E-state index is 12.1. The summed E-state index contributed by atoms with van der Waals surface area (Å²) in [5.41, 5.74) is 0.405. The van der Waals surface area contributed by atoms with Gasteiger partial charge in [0.1, 0.15) is 0 Å². The van der Waals surface area contributed by atoms with Crippen LogP contribution < -0.4 is 5.46 Å². The molecular weight excluding hydrogens is 240 g/mol. The average Bonchev–Trinajstić information content (AvgIpc) is 2.30. The highest BCUT2D eigenvalue weighted by Crippen LogP contribution is 2.10. The molecule has 0 spiro atoms. The van der Waals surface area contributed by atoms with Crippen LogP contribution in [-0.2, 0) is 0 Å². The molecule has 0 aliphatic rings. The summed E-state index contributed by atoms with van der Waals surface area (Å²) >= 11 is 5.77. The summed E-state index contributed by atoms with van der Waals surface area (Å²) in [6.07, 6.45) is 0. The van der Waals surface area contributed by atoms with Crippen molar-refractivity contribution in [3.8, 4) is 0 Å². The van der Waals surface area contributed by atoms with Crippen molar-refractivity contribution in [2.75, 3.05) is 13.1 Å². The summed E-state index contributed by atoms with van der Waals surface area (Å²) in [6, 6.07) is 4.46. The molecule has 0 unspecified atom stereocenters. The van der Waals surface area contributed by atoms with Gasteiger partial charge in [0.15, 0.2) is 0 Å². The Balaban J connectivity index is 3.16. The molecule has 0 heterocycles. The van der Waals surface area contributed by atoms with E-state index in [4.69, 9.17) is 11.6 Å². The standard InChI is InChI=1S/C11H15BClNO3/c1-3-14(4-2)11(15)9-6-5-8(13)7-10(9)12(16)17/h5-7,16-17H,3-4H2,1-2H3. The van der Waals surface area contributed by atoms with Gasteiger partial charge in [-0.25, -0.2) is 0 Å². The number of hydrogen-bond acceptors (Lipinski definition) is 3. The van der Waals surface area contributed by atoms with Gasteiger partial charge in [-0.05, 0) is 37.5 Å². The Morgan fingerprint density at radius 3 is 2.41 bits per heavy atom. The van der Waals surface area contributed by atoms with Crippen LogP contribution in [0.15, 0.2) is 18.2 Å². The van der Waals surface area contributed by atoms with Crippen LogP contribution in [0.3, 0.4) is 0 Å². The van der Waals surface area contributed by atoms with E-state index in [2.05, 4.69) is 0 Å². The Kier molecular flexibility index (Phi) is 4.99. The molecule has 0 fully saturated rings. The van der Waals surface area contributed by atoms with Crippen molar-refractivity contribution < 1.29 is 14.8 Å². The van der Waals surface area contributed by atoms with Crippen LogP contribution in [0.25, 0.3) is 0 Å². The Hall–Kier alpha value is -1.04. The molecular formula is C11H15BClNO3. The van der Waals surface area contributed by atoms with E-state index in [1.54, 1.807) is 11.0 Å². The number of halogens is 1. The smallest absolute Gasteiger partial charge is 0.423 e. The van der Waals surface area contributed by atoms with Gasteiger partial charge in [-0.15, -0.1) is 0 Å². The Labute approximate surface area is 106 Å². The first-order valence-corrected chi connectivity index (χ1v) is 5.83. The SMILES string of the molecule is CCN(CC)C(=O)c1ccc(Cl)cc1B(O)O. The zero-order valence-corrected chi connectivity index (χ0v) is 10.6. The fourth-order valence-electron chi connectivity index (χ4n) is 1.62. The van der Waals surface area contributed by atoms with E-state index >= 15 is 0 Å². The summed E-state index contributed by atoms with van der Waals surface area (Å²) in [5, 5.41) is 18.8. The van der Waals surface area contributed by atoms with E-state index in [1.807, 2.05) is 13.8 Å². The Morgan fingerprint density at radius 2 is 1.94 bits per heavy atom. The first kappa shape index (κ1) is 14.0. The molecule has 0 aliphatic carbocycles. The number of benzene rings is 1. The number of carbonyl (C=O) groups is 1. The van der Waals surface area contributed by atoms with Gasteiger partial charge in [-0.1, -0.05) is 11.6 Å². The largest absolute Gasteiger partial charge is 0.489 e. The fraction of sp³-hybridized carbons (Fsp3) is 0.364. The molecule has 92 valence electrons. The molecule has 2 N–H and O–H groups in total. The summed E-state index contributed by atoms with van der Waals surface area (Å²) < 4.78 is 0. The third-order valence-corrected chi connectivity index (χ3v) is 2.81. The molecule has 0 aliphatic heterocycles. The van der Waals surface area contributed by atoms with E-state index in [9.17, 15) is 14.8 Å². The summed E-state index contributed by atoms with van der Waals surface area (Å²) in [7, 11) is -1.71. The zero-order valence-electron chi connectivity index (χ0n) is 9.85. The van der Waals surface area contributed by atoms with Gasteiger partial charge < -0.3 is 14.9 Å². The summed E-state index contributed by atoms with van der Waals surface area (Å²) in [4.78, 5) is 13.7. The van der Waals surface area contributed by atoms with Crippen LogP contribution in [0.1, 0.15) is 24.2 Å². The maximum atomic E-state index is 12.1. The maximum Gasteiger partial charge on any atom is 0.489 e. The van der Waals surface area contributed by atoms with Crippen molar-refractivity contribution in [2.45, 2.75) is 13.8 Å². The van der Waals surface area contributed by atoms with E-state index in [0.717, 1.165) is 0 Å². The van der Waals surface area contributed by atoms with Crippen LogP contribution in [0, 0.1) is 0 Å². The fourth-order valence-corrected chi connectivity index (χ4v) is 1.80. The third kappa shape index (κ3) is 3.22. The van der Waals surface area contributed by atoms with E-state index in [-0.39, 0.29) is 16.9 Å². The minimum Gasteiger partial charge on any atom is -0.423 e. The molecule has 1 rings (SSSR count). The molecule has 1 amide bonds. The molecule has 4 nitrogen and oxygen atoms in total. The second kappa shape index (κ2) is 6.05. The Morgan fingerprint density at radius 1 is 1.35 bits per heavy atom. The summed E-state index contributed by atoms with van der Waals surface area (Å²) in [5.74, 6) is -0.227. The first-order chi connectivity index (χ1) is 8.01. The second-order valence-electron chi connectivity index (χ2n) is 3.58. The number of hydrogen-bond donors (Lipinski definition) is 2. The van der Waals surface area contributed by atoms with E-state index < -0.39 is 7.12 Å². The van der Waals surface area contributed by atoms with Crippen molar-refractivity contribution in [1.29, 1.82) is 0 Å². The van der Waals surface area contributed by atoms with Gasteiger partial charge in [0.05, 0.1) is 0 Å². The summed E-state index contributed by atoms with van der Waals surface area (Å²) in [6.45, 7) is 4.87. The highest BCUT2D eigenvalue weighted by Gasteiger charge is 2.23. The predicted molar refractivity (Wildman–Crippen MR) is 68.5 cm³/mol. The highest BCUT2D eigenvalue weighted by molar-refractivity contribution is 6.60. The van der Waals surface area contributed by atoms with Gasteiger partial charge in [0, 0.05) is 23.7 Å². The lowest BCUT2D eigenvalue weighted by molar-refractivity contribution is 0.0774. The van der Waals surface area contributed by atoms with Crippen molar-refractivity contribution in [2.24, 2.45) is 0 Å². The van der Waals surface area contributed by atoms with Crippen molar-refractivity contribution in [3.05, 3.63) is 28.8 Å². The molecule has 0 bridgehead atoms. The van der Waals surface area contributed by atoms with E-state index in [1.165, 1.54) is 12.1 Å². The van der Waals surface area contributed by atoms with Crippen molar-refractivity contribution >= 4 is 30.1 Å². The lowest BCUT2D eigenvalue weighted by Crippen LogP contribution is -2.40. The zero-order chi connectivity index (χ0) is 13.0. The number of amides is 1. The van der Waals surface area contributed by atoms with Gasteiger partial charge >= 0.3 is 7.12 Å². The molecule has 1 aromatic rings.